The molecule has 0 unspecified atom stereocenters. The molecule has 23 heavy (non-hydrogen) atoms. The molecular formula is C16H15Cl2N3O2. The Bertz CT molecular complexity index is 708. The van der Waals surface area contributed by atoms with Crippen LogP contribution in [0.15, 0.2) is 42.7 Å². The molecule has 0 fully saturated rings. The van der Waals surface area contributed by atoms with Gasteiger partial charge in [-0.1, -0.05) is 23.2 Å². The average Bonchev–Trinajstić information content (AvgIpc) is 2.54. The number of benzene rings is 1. The summed E-state index contributed by atoms with van der Waals surface area (Å²) < 4.78 is 0. The zero-order valence-corrected chi connectivity index (χ0v) is 13.9. The molecule has 0 aliphatic heterocycles. The molecule has 0 aliphatic rings. The Morgan fingerprint density at radius 2 is 1.83 bits per heavy atom. The SMILES string of the molecule is CC(=O)N(CC(=O)NCc1ccncc1)c1ccc(Cl)c(Cl)c1. The fraction of sp³-hybridized carbons (Fsp3) is 0.188. The monoisotopic (exact) mass is 351 g/mol. The summed E-state index contributed by atoms with van der Waals surface area (Å²) in [4.78, 5) is 29.1. The number of rotatable bonds is 5. The Balaban J connectivity index is 2.02. The molecule has 0 spiro atoms. The molecule has 5 nitrogen and oxygen atoms in total. The maximum Gasteiger partial charge on any atom is 0.240 e. The number of hydrogen-bond acceptors (Lipinski definition) is 3. The van der Waals surface area contributed by atoms with Crippen molar-refractivity contribution in [2.45, 2.75) is 13.5 Å². The highest BCUT2D eigenvalue weighted by Gasteiger charge is 2.16. The third kappa shape index (κ3) is 4.94. The second-order valence-corrected chi connectivity index (χ2v) is 5.65. The minimum Gasteiger partial charge on any atom is -0.350 e. The number of halogens is 2. The summed E-state index contributed by atoms with van der Waals surface area (Å²) >= 11 is 11.8. The minimum absolute atomic E-state index is 0.0988. The molecule has 0 saturated carbocycles. The van der Waals surface area contributed by atoms with Crippen LogP contribution in [0.2, 0.25) is 10.0 Å². The Hall–Kier alpha value is -2.11. The second-order valence-electron chi connectivity index (χ2n) is 4.84. The van der Waals surface area contributed by atoms with E-state index in [0.29, 0.717) is 22.3 Å². The number of hydrogen-bond donors (Lipinski definition) is 1. The molecule has 7 heteroatoms. The first kappa shape index (κ1) is 17.2. The maximum atomic E-state index is 12.1. The number of aromatic nitrogens is 1. The Morgan fingerprint density at radius 3 is 2.43 bits per heavy atom. The molecule has 2 amide bonds. The van der Waals surface area contributed by atoms with E-state index >= 15 is 0 Å². The Kier molecular flexibility index (Phi) is 5.96. The highest BCUT2D eigenvalue weighted by atomic mass is 35.5. The van der Waals surface area contributed by atoms with Gasteiger partial charge in [-0.05, 0) is 35.9 Å². The van der Waals surface area contributed by atoms with Gasteiger partial charge in [-0.15, -0.1) is 0 Å². The van der Waals surface area contributed by atoms with Gasteiger partial charge in [0.2, 0.25) is 11.8 Å². The molecule has 0 saturated heterocycles. The van der Waals surface area contributed by atoms with Crippen LogP contribution in [-0.2, 0) is 16.1 Å². The van der Waals surface area contributed by atoms with Crippen LogP contribution in [0.1, 0.15) is 12.5 Å². The fourth-order valence-electron chi connectivity index (χ4n) is 1.94. The van der Waals surface area contributed by atoms with E-state index in [4.69, 9.17) is 23.2 Å². The number of carbonyl (C=O) groups is 2. The van der Waals surface area contributed by atoms with Crippen molar-refractivity contribution in [3.8, 4) is 0 Å². The van der Waals surface area contributed by atoms with Gasteiger partial charge in [0.05, 0.1) is 10.0 Å². The van der Waals surface area contributed by atoms with Gasteiger partial charge in [-0.2, -0.15) is 0 Å². The largest absolute Gasteiger partial charge is 0.350 e. The van der Waals surface area contributed by atoms with Gasteiger partial charge >= 0.3 is 0 Å². The lowest BCUT2D eigenvalue weighted by molar-refractivity contribution is -0.123. The predicted octanol–water partition coefficient (Wildman–Crippen LogP) is 3.06. The molecule has 1 aromatic heterocycles. The lowest BCUT2D eigenvalue weighted by atomic mass is 10.2. The van der Waals surface area contributed by atoms with E-state index in [1.54, 1.807) is 30.6 Å². The molecule has 2 aromatic rings. The summed E-state index contributed by atoms with van der Waals surface area (Å²) in [5.74, 6) is -0.537. The summed E-state index contributed by atoms with van der Waals surface area (Å²) in [6.45, 7) is 1.66. The molecule has 1 N–H and O–H groups in total. The van der Waals surface area contributed by atoms with Crippen LogP contribution in [0, 0.1) is 0 Å². The topological polar surface area (TPSA) is 62.3 Å². The van der Waals surface area contributed by atoms with E-state index in [2.05, 4.69) is 10.3 Å². The number of anilines is 1. The van der Waals surface area contributed by atoms with Crippen LogP contribution in [0.5, 0.6) is 0 Å². The van der Waals surface area contributed by atoms with Crippen molar-refractivity contribution in [1.29, 1.82) is 0 Å². The summed E-state index contributed by atoms with van der Waals surface area (Å²) in [7, 11) is 0. The normalized spacial score (nSPS) is 10.2. The van der Waals surface area contributed by atoms with Crippen molar-refractivity contribution in [3.63, 3.8) is 0 Å². The summed E-state index contributed by atoms with van der Waals surface area (Å²) in [5, 5.41) is 3.48. The zero-order chi connectivity index (χ0) is 16.8. The number of pyridine rings is 1. The third-order valence-electron chi connectivity index (χ3n) is 3.14. The van der Waals surface area contributed by atoms with Crippen LogP contribution in [0.4, 0.5) is 5.69 Å². The van der Waals surface area contributed by atoms with Gasteiger partial charge in [-0.3, -0.25) is 14.6 Å². The highest BCUT2D eigenvalue weighted by Crippen LogP contribution is 2.27. The molecule has 0 bridgehead atoms. The van der Waals surface area contributed by atoms with E-state index < -0.39 is 0 Å². The van der Waals surface area contributed by atoms with Crippen molar-refractivity contribution < 1.29 is 9.59 Å². The summed E-state index contributed by atoms with van der Waals surface area (Å²) in [5.41, 5.74) is 1.45. The molecular weight excluding hydrogens is 337 g/mol. The minimum atomic E-state index is -0.275. The number of carbonyl (C=O) groups excluding carboxylic acids is 2. The first-order valence-electron chi connectivity index (χ1n) is 6.86. The fourth-order valence-corrected chi connectivity index (χ4v) is 2.23. The second kappa shape index (κ2) is 7.94. The molecule has 2 rings (SSSR count). The lowest BCUT2D eigenvalue weighted by Gasteiger charge is -2.21. The van der Waals surface area contributed by atoms with Crippen molar-refractivity contribution in [2.24, 2.45) is 0 Å². The van der Waals surface area contributed by atoms with Gasteiger partial charge in [0.1, 0.15) is 6.54 Å². The first-order chi connectivity index (χ1) is 11.0. The van der Waals surface area contributed by atoms with Crippen LogP contribution < -0.4 is 10.2 Å². The molecule has 0 radical (unpaired) electrons. The Morgan fingerprint density at radius 1 is 1.13 bits per heavy atom. The number of nitrogens with zero attached hydrogens (tertiary/aromatic N) is 2. The quantitative estimate of drug-likeness (QED) is 0.900. The van der Waals surface area contributed by atoms with Gasteiger partial charge in [-0.25, -0.2) is 0 Å². The van der Waals surface area contributed by atoms with Gasteiger partial charge in [0.15, 0.2) is 0 Å². The predicted molar refractivity (Wildman–Crippen MR) is 90.6 cm³/mol. The van der Waals surface area contributed by atoms with Crippen molar-refractivity contribution in [2.75, 3.05) is 11.4 Å². The summed E-state index contributed by atoms with van der Waals surface area (Å²) in [6.07, 6.45) is 3.30. The van der Waals surface area contributed by atoms with Gasteiger partial charge < -0.3 is 10.2 Å². The smallest absolute Gasteiger partial charge is 0.240 e. The number of nitrogens with one attached hydrogen (secondary N) is 1. The molecule has 0 atom stereocenters. The van der Waals surface area contributed by atoms with Crippen molar-refractivity contribution in [1.82, 2.24) is 10.3 Å². The average molecular weight is 352 g/mol. The molecule has 1 aromatic carbocycles. The zero-order valence-electron chi connectivity index (χ0n) is 12.4. The van der Waals surface area contributed by atoms with Crippen molar-refractivity contribution >= 4 is 40.7 Å². The summed E-state index contributed by atoms with van der Waals surface area (Å²) in [6, 6.07) is 8.40. The molecule has 0 aliphatic carbocycles. The van der Waals surface area contributed by atoms with Crippen LogP contribution in [-0.4, -0.2) is 23.3 Å². The third-order valence-corrected chi connectivity index (χ3v) is 3.87. The van der Waals surface area contributed by atoms with E-state index in [0.717, 1.165) is 5.56 Å². The highest BCUT2D eigenvalue weighted by molar-refractivity contribution is 6.42. The van der Waals surface area contributed by atoms with E-state index in [1.165, 1.54) is 11.8 Å². The van der Waals surface area contributed by atoms with Crippen LogP contribution in [0.25, 0.3) is 0 Å². The van der Waals surface area contributed by atoms with Gasteiger partial charge in [0.25, 0.3) is 0 Å². The molecule has 120 valence electrons. The van der Waals surface area contributed by atoms with Crippen molar-refractivity contribution in [3.05, 3.63) is 58.3 Å². The maximum absolute atomic E-state index is 12.1. The lowest BCUT2D eigenvalue weighted by Crippen LogP contribution is -2.39. The van der Waals surface area contributed by atoms with E-state index in [9.17, 15) is 9.59 Å². The standard InChI is InChI=1S/C16H15Cl2N3O2/c1-11(22)21(13-2-3-14(17)15(18)8-13)10-16(23)20-9-12-4-6-19-7-5-12/h2-8H,9-10H2,1H3,(H,20,23). The number of amides is 2. The first-order valence-corrected chi connectivity index (χ1v) is 7.61. The van der Waals surface area contributed by atoms with E-state index in [1.807, 2.05) is 12.1 Å². The Labute approximate surface area is 144 Å². The van der Waals surface area contributed by atoms with E-state index in [-0.39, 0.29) is 18.4 Å². The molecule has 1 heterocycles. The van der Waals surface area contributed by atoms with Gasteiger partial charge in [0, 0.05) is 31.5 Å². The van der Waals surface area contributed by atoms with Crippen LogP contribution >= 0.6 is 23.2 Å². The van der Waals surface area contributed by atoms with Crippen LogP contribution in [0.3, 0.4) is 0 Å².